The average Bonchev–Trinajstić information content (AvgIpc) is 2.34. The number of halogens is 2. The molecule has 0 atom stereocenters. The van der Waals surface area contributed by atoms with Gasteiger partial charge in [-0.1, -0.05) is 29.3 Å². The number of aryl methyl sites for hydroxylation is 1. The molecule has 0 saturated carbocycles. The maximum absolute atomic E-state index is 6.16. The number of hydrogen-bond donors (Lipinski definition) is 0. The molecular weight excluding hydrogens is 267 g/mol. The molecule has 2 rings (SSSR count). The van der Waals surface area contributed by atoms with Crippen LogP contribution < -0.4 is 0 Å². The van der Waals surface area contributed by atoms with Crippen molar-refractivity contribution in [3.63, 3.8) is 0 Å². The van der Waals surface area contributed by atoms with Gasteiger partial charge >= 0.3 is 0 Å². The summed E-state index contributed by atoms with van der Waals surface area (Å²) in [6, 6.07) is 7.39. The molecule has 0 bridgehead atoms. The quantitative estimate of drug-likeness (QED) is 0.722. The number of pyridine rings is 1. The van der Waals surface area contributed by atoms with Crippen LogP contribution in [0.3, 0.4) is 0 Å². The minimum atomic E-state index is 0.559. The van der Waals surface area contributed by atoms with Crippen LogP contribution in [0.15, 0.2) is 41.7 Å². The highest BCUT2D eigenvalue weighted by Crippen LogP contribution is 2.32. The van der Waals surface area contributed by atoms with E-state index in [0.717, 1.165) is 22.5 Å². The summed E-state index contributed by atoms with van der Waals surface area (Å²) in [5.74, 6) is 0. The Bertz CT molecular complexity index is 569. The Kier molecular flexibility index (Phi) is 4.00. The summed E-state index contributed by atoms with van der Waals surface area (Å²) in [5, 5.41) is 1.18. The Balaban J connectivity index is 2.45. The number of aromatic nitrogens is 1. The zero-order valence-corrected chi connectivity index (χ0v) is 11.6. The first-order chi connectivity index (χ1) is 8.58. The van der Waals surface area contributed by atoms with Crippen LogP contribution in [0.5, 0.6) is 0 Å². The molecule has 1 aromatic heterocycles. The van der Waals surface area contributed by atoms with Crippen molar-refractivity contribution in [1.29, 1.82) is 0 Å². The fourth-order valence-corrected chi connectivity index (χ4v) is 2.28. The fourth-order valence-electron chi connectivity index (χ4n) is 1.65. The summed E-state index contributed by atoms with van der Waals surface area (Å²) in [4.78, 5) is 8.63. The molecule has 0 radical (unpaired) electrons. The standard InChI is InChI=1S/C14H12Cl2N2/c1-9-6-12(15)7-13(16)14(9)18-10(2)11-4-3-5-17-8-11/h3-8H,1-2H3. The third kappa shape index (κ3) is 2.89. The Morgan fingerprint density at radius 1 is 1.28 bits per heavy atom. The van der Waals surface area contributed by atoms with E-state index in [4.69, 9.17) is 23.2 Å². The molecule has 4 heteroatoms. The van der Waals surface area contributed by atoms with E-state index in [-0.39, 0.29) is 0 Å². The first kappa shape index (κ1) is 13.1. The Hall–Kier alpha value is -1.38. The van der Waals surface area contributed by atoms with Gasteiger partial charge in [-0.05, 0) is 37.6 Å². The molecule has 0 spiro atoms. The van der Waals surface area contributed by atoms with Gasteiger partial charge in [-0.25, -0.2) is 0 Å². The van der Waals surface area contributed by atoms with Crippen molar-refractivity contribution in [2.24, 2.45) is 4.99 Å². The molecule has 0 aliphatic heterocycles. The summed E-state index contributed by atoms with van der Waals surface area (Å²) in [6.07, 6.45) is 3.51. The highest BCUT2D eigenvalue weighted by molar-refractivity contribution is 6.36. The molecule has 0 aliphatic rings. The lowest BCUT2D eigenvalue weighted by Gasteiger charge is -2.06. The van der Waals surface area contributed by atoms with Gasteiger partial charge in [0.1, 0.15) is 0 Å². The Morgan fingerprint density at radius 3 is 2.67 bits per heavy atom. The monoisotopic (exact) mass is 278 g/mol. The fraction of sp³-hybridized carbons (Fsp3) is 0.143. The summed E-state index contributed by atoms with van der Waals surface area (Å²) in [7, 11) is 0. The number of hydrogen-bond acceptors (Lipinski definition) is 2. The molecule has 1 heterocycles. The van der Waals surface area contributed by atoms with Gasteiger partial charge in [0.2, 0.25) is 0 Å². The molecule has 2 nitrogen and oxygen atoms in total. The number of nitrogens with zero attached hydrogens (tertiary/aromatic N) is 2. The minimum Gasteiger partial charge on any atom is -0.264 e. The van der Waals surface area contributed by atoms with Gasteiger partial charge in [0.25, 0.3) is 0 Å². The highest BCUT2D eigenvalue weighted by Gasteiger charge is 2.06. The van der Waals surface area contributed by atoms with Crippen molar-refractivity contribution in [3.8, 4) is 0 Å². The molecule has 0 fully saturated rings. The zero-order valence-electron chi connectivity index (χ0n) is 10.1. The molecule has 1 aromatic carbocycles. The Labute approximate surface area is 116 Å². The first-order valence-electron chi connectivity index (χ1n) is 5.49. The normalized spacial score (nSPS) is 11.7. The maximum Gasteiger partial charge on any atom is 0.0849 e. The van der Waals surface area contributed by atoms with Crippen molar-refractivity contribution >= 4 is 34.6 Å². The predicted octanol–water partition coefficient (Wildman–Crippen LogP) is 4.84. The third-order valence-corrected chi connectivity index (χ3v) is 3.08. The van der Waals surface area contributed by atoms with E-state index in [0.29, 0.717) is 10.0 Å². The minimum absolute atomic E-state index is 0.559. The molecule has 0 amide bonds. The van der Waals surface area contributed by atoms with Crippen molar-refractivity contribution in [2.45, 2.75) is 13.8 Å². The molecule has 0 unspecified atom stereocenters. The average molecular weight is 279 g/mol. The predicted molar refractivity (Wildman–Crippen MR) is 77.3 cm³/mol. The maximum atomic E-state index is 6.16. The van der Waals surface area contributed by atoms with Crippen LogP contribution in [0.4, 0.5) is 5.69 Å². The summed E-state index contributed by atoms with van der Waals surface area (Å²) in [5.41, 5.74) is 3.55. The van der Waals surface area contributed by atoms with E-state index in [1.807, 2.05) is 32.0 Å². The van der Waals surface area contributed by atoms with Crippen LogP contribution in [0, 0.1) is 6.92 Å². The Morgan fingerprint density at radius 2 is 2.06 bits per heavy atom. The van der Waals surface area contributed by atoms with Gasteiger partial charge in [-0.3, -0.25) is 9.98 Å². The first-order valence-corrected chi connectivity index (χ1v) is 6.25. The van der Waals surface area contributed by atoms with E-state index in [1.165, 1.54) is 0 Å². The molecular formula is C14H12Cl2N2. The second-order valence-corrected chi connectivity index (χ2v) is 4.84. The van der Waals surface area contributed by atoms with Crippen LogP contribution in [0.2, 0.25) is 10.0 Å². The van der Waals surface area contributed by atoms with Crippen LogP contribution in [-0.2, 0) is 0 Å². The van der Waals surface area contributed by atoms with Crippen molar-refractivity contribution in [1.82, 2.24) is 4.98 Å². The smallest absolute Gasteiger partial charge is 0.0849 e. The molecule has 2 aromatic rings. The molecule has 0 N–H and O–H groups in total. The van der Waals surface area contributed by atoms with Gasteiger partial charge in [-0.15, -0.1) is 0 Å². The van der Waals surface area contributed by atoms with Crippen molar-refractivity contribution in [3.05, 3.63) is 57.8 Å². The largest absolute Gasteiger partial charge is 0.264 e. The topological polar surface area (TPSA) is 25.2 Å². The van der Waals surface area contributed by atoms with E-state index in [2.05, 4.69) is 9.98 Å². The van der Waals surface area contributed by atoms with Crippen LogP contribution in [-0.4, -0.2) is 10.7 Å². The molecule has 92 valence electrons. The summed E-state index contributed by atoms with van der Waals surface area (Å²) >= 11 is 12.1. The van der Waals surface area contributed by atoms with Gasteiger partial charge in [0, 0.05) is 28.7 Å². The lowest BCUT2D eigenvalue weighted by atomic mass is 10.1. The van der Waals surface area contributed by atoms with Gasteiger partial charge < -0.3 is 0 Å². The van der Waals surface area contributed by atoms with Crippen LogP contribution in [0.25, 0.3) is 0 Å². The molecule has 18 heavy (non-hydrogen) atoms. The SMILES string of the molecule is CC(=Nc1c(C)cc(Cl)cc1Cl)c1cccnc1. The summed E-state index contributed by atoms with van der Waals surface area (Å²) in [6.45, 7) is 3.87. The van der Waals surface area contributed by atoms with Crippen LogP contribution >= 0.6 is 23.2 Å². The van der Waals surface area contributed by atoms with E-state index < -0.39 is 0 Å². The van der Waals surface area contributed by atoms with Crippen molar-refractivity contribution in [2.75, 3.05) is 0 Å². The van der Waals surface area contributed by atoms with Gasteiger partial charge in [-0.2, -0.15) is 0 Å². The second kappa shape index (κ2) is 5.51. The number of aliphatic imine (C=N–C) groups is 1. The molecule has 0 aliphatic carbocycles. The van der Waals surface area contributed by atoms with E-state index in [9.17, 15) is 0 Å². The molecule has 0 saturated heterocycles. The third-order valence-electron chi connectivity index (χ3n) is 2.58. The lowest BCUT2D eigenvalue weighted by Crippen LogP contribution is -1.94. The van der Waals surface area contributed by atoms with Gasteiger partial charge in [0.15, 0.2) is 0 Å². The van der Waals surface area contributed by atoms with Crippen molar-refractivity contribution < 1.29 is 0 Å². The van der Waals surface area contributed by atoms with E-state index >= 15 is 0 Å². The summed E-state index contributed by atoms with van der Waals surface area (Å²) < 4.78 is 0. The zero-order chi connectivity index (χ0) is 13.1. The van der Waals surface area contributed by atoms with Crippen LogP contribution in [0.1, 0.15) is 18.1 Å². The number of benzene rings is 1. The van der Waals surface area contributed by atoms with Gasteiger partial charge in [0.05, 0.1) is 10.7 Å². The second-order valence-electron chi connectivity index (χ2n) is 3.99. The number of rotatable bonds is 2. The van der Waals surface area contributed by atoms with E-state index in [1.54, 1.807) is 18.5 Å². The lowest BCUT2D eigenvalue weighted by molar-refractivity contribution is 1.30. The highest BCUT2D eigenvalue weighted by atomic mass is 35.5.